The van der Waals surface area contributed by atoms with Crippen LogP contribution in [0.1, 0.15) is 10.4 Å². The molecule has 0 amide bonds. The molecule has 3 N–H and O–H groups in total. The highest BCUT2D eigenvalue weighted by Gasteiger charge is 2.15. The SMILES string of the molecule is COc1cc(O)ccc1-c1ccc2c(-c3nc4ccc(C=O)cc4[nH]3)n[nH]c2c1. The summed E-state index contributed by atoms with van der Waals surface area (Å²) in [7, 11) is 1.57. The van der Waals surface area contributed by atoms with Crippen LogP contribution in [0.4, 0.5) is 0 Å². The van der Waals surface area contributed by atoms with Crippen molar-refractivity contribution in [3.8, 4) is 34.1 Å². The Kier molecular flexibility index (Phi) is 3.80. The summed E-state index contributed by atoms with van der Waals surface area (Å²) in [6.45, 7) is 0. The van der Waals surface area contributed by atoms with Crippen LogP contribution in [-0.4, -0.2) is 38.7 Å². The van der Waals surface area contributed by atoms with E-state index < -0.39 is 0 Å². The van der Waals surface area contributed by atoms with E-state index in [0.717, 1.165) is 39.3 Å². The van der Waals surface area contributed by atoms with Gasteiger partial charge in [0, 0.05) is 22.6 Å². The van der Waals surface area contributed by atoms with E-state index in [9.17, 15) is 9.90 Å². The number of imidazole rings is 1. The van der Waals surface area contributed by atoms with E-state index in [4.69, 9.17) is 4.74 Å². The topological polar surface area (TPSA) is 104 Å². The summed E-state index contributed by atoms with van der Waals surface area (Å²) in [5, 5.41) is 18.1. The van der Waals surface area contributed by atoms with Gasteiger partial charge >= 0.3 is 0 Å². The Morgan fingerprint density at radius 2 is 1.93 bits per heavy atom. The number of aldehydes is 1. The molecule has 2 heterocycles. The Morgan fingerprint density at radius 3 is 2.76 bits per heavy atom. The van der Waals surface area contributed by atoms with Crippen molar-refractivity contribution < 1.29 is 14.6 Å². The molecular weight excluding hydrogens is 368 g/mol. The summed E-state index contributed by atoms with van der Waals surface area (Å²) in [4.78, 5) is 18.8. The number of aromatic hydroxyl groups is 1. The molecule has 0 unspecified atom stereocenters. The molecule has 7 nitrogen and oxygen atoms in total. The first-order valence-corrected chi connectivity index (χ1v) is 8.97. The fraction of sp³-hybridized carbons (Fsp3) is 0.0455. The van der Waals surface area contributed by atoms with Gasteiger partial charge in [0.15, 0.2) is 5.82 Å². The van der Waals surface area contributed by atoms with Crippen molar-refractivity contribution in [2.45, 2.75) is 0 Å². The van der Waals surface area contributed by atoms with Crippen molar-refractivity contribution in [3.05, 3.63) is 60.2 Å². The number of ether oxygens (including phenoxy) is 1. The Morgan fingerprint density at radius 1 is 1.03 bits per heavy atom. The van der Waals surface area contributed by atoms with E-state index in [-0.39, 0.29) is 5.75 Å². The molecule has 0 atom stereocenters. The van der Waals surface area contributed by atoms with E-state index in [0.29, 0.717) is 22.8 Å². The van der Waals surface area contributed by atoms with Crippen LogP contribution in [0, 0.1) is 0 Å². The number of methoxy groups -OCH3 is 1. The molecule has 0 spiro atoms. The first-order chi connectivity index (χ1) is 14.2. The molecule has 0 saturated carbocycles. The Hall–Kier alpha value is -4.13. The van der Waals surface area contributed by atoms with Gasteiger partial charge in [-0.05, 0) is 48.0 Å². The highest BCUT2D eigenvalue weighted by Crippen LogP contribution is 2.35. The molecule has 0 saturated heterocycles. The van der Waals surface area contributed by atoms with Crippen LogP contribution in [-0.2, 0) is 0 Å². The lowest BCUT2D eigenvalue weighted by Crippen LogP contribution is -1.88. The van der Waals surface area contributed by atoms with Gasteiger partial charge in [0.1, 0.15) is 23.5 Å². The fourth-order valence-corrected chi connectivity index (χ4v) is 3.50. The molecule has 0 fully saturated rings. The monoisotopic (exact) mass is 384 g/mol. The number of fused-ring (bicyclic) bond motifs is 2. The van der Waals surface area contributed by atoms with Crippen molar-refractivity contribution >= 4 is 28.2 Å². The fourth-order valence-electron chi connectivity index (χ4n) is 3.50. The Bertz CT molecular complexity index is 1380. The first kappa shape index (κ1) is 17.0. The first-order valence-electron chi connectivity index (χ1n) is 8.97. The average molecular weight is 384 g/mol. The smallest absolute Gasteiger partial charge is 0.159 e. The average Bonchev–Trinajstić information content (AvgIpc) is 3.36. The van der Waals surface area contributed by atoms with Crippen molar-refractivity contribution in [2.75, 3.05) is 7.11 Å². The number of carbonyl (C=O) groups excluding carboxylic acids is 1. The Labute approximate surface area is 165 Å². The van der Waals surface area contributed by atoms with E-state index >= 15 is 0 Å². The highest BCUT2D eigenvalue weighted by atomic mass is 16.5. The van der Waals surface area contributed by atoms with Crippen LogP contribution in [0.5, 0.6) is 11.5 Å². The zero-order chi connectivity index (χ0) is 20.0. The lowest BCUT2D eigenvalue weighted by molar-refractivity contribution is 0.112. The summed E-state index contributed by atoms with van der Waals surface area (Å²) < 4.78 is 5.39. The molecule has 5 rings (SSSR count). The van der Waals surface area contributed by atoms with Crippen LogP contribution in [0.3, 0.4) is 0 Å². The van der Waals surface area contributed by atoms with Crippen molar-refractivity contribution in [1.82, 2.24) is 20.2 Å². The van der Waals surface area contributed by atoms with Gasteiger partial charge in [-0.3, -0.25) is 9.89 Å². The number of aromatic amines is 2. The predicted molar refractivity (Wildman–Crippen MR) is 110 cm³/mol. The van der Waals surface area contributed by atoms with Crippen molar-refractivity contribution in [1.29, 1.82) is 0 Å². The maximum absolute atomic E-state index is 11.0. The number of hydrogen-bond acceptors (Lipinski definition) is 5. The number of phenolic OH excluding ortho intramolecular Hbond substituents is 1. The molecule has 0 bridgehead atoms. The van der Waals surface area contributed by atoms with Crippen molar-refractivity contribution in [3.63, 3.8) is 0 Å². The van der Waals surface area contributed by atoms with Gasteiger partial charge in [0.05, 0.1) is 23.7 Å². The lowest BCUT2D eigenvalue weighted by atomic mass is 10.0. The number of benzene rings is 3. The maximum Gasteiger partial charge on any atom is 0.159 e. The summed E-state index contributed by atoms with van der Waals surface area (Å²) in [6.07, 6.45) is 0.809. The summed E-state index contributed by atoms with van der Waals surface area (Å²) in [5.41, 5.74) is 5.50. The molecule has 0 aliphatic heterocycles. The zero-order valence-corrected chi connectivity index (χ0v) is 15.4. The second kappa shape index (κ2) is 6.49. The summed E-state index contributed by atoms with van der Waals surface area (Å²) in [5.74, 6) is 1.37. The molecule has 7 heteroatoms. The number of nitrogens with one attached hydrogen (secondary N) is 2. The predicted octanol–water partition coefficient (Wildman–Crippen LogP) is 4.30. The minimum atomic E-state index is 0.151. The van der Waals surface area contributed by atoms with Crippen LogP contribution in [0.2, 0.25) is 0 Å². The quantitative estimate of drug-likeness (QED) is 0.401. The number of aromatic nitrogens is 4. The van der Waals surface area contributed by atoms with Gasteiger partial charge in [-0.15, -0.1) is 0 Å². The number of rotatable bonds is 4. The second-order valence-corrected chi connectivity index (χ2v) is 6.70. The van der Waals surface area contributed by atoms with Gasteiger partial charge in [-0.2, -0.15) is 5.10 Å². The summed E-state index contributed by atoms with van der Waals surface area (Å²) in [6, 6.07) is 16.3. The van der Waals surface area contributed by atoms with Gasteiger partial charge in [-0.25, -0.2) is 4.98 Å². The molecule has 2 aromatic heterocycles. The lowest BCUT2D eigenvalue weighted by Gasteiger charge is -2.09. The molecule has 142 valence electrons. The van der Waals surface area contributed by atoms with Gasteiger partial charge < -0.3 is 14.8 Å². The van der Waals surface area contributed by atoms with Crippen LogP contribution in [0.25, 0.3) is 44.6 Å². The minimum absolute atomic E-state index is 0.151. The number of H-pyrrole nitrogens is 2. The standard InChI is InChI=1S/C22H16N4O3/c1-29-20-10-14(28)4-6-15(20)13-3-5-16-18(9-13)25-26-21(16)22-23-17-7-2-12(11-27)8-19(17)24-22/h2-11,28H,1H3,(H,23,24)(H,25,26). The molecule has 3 aromatic carbocycles. The molecule has 0 radical (unpaired) electrons. The maximum atomic E-state index is 11.0. The van der Waals surface area contributed by atoms with E-state index in [1.807, 2.05) is 30.3 Å². The van der Waals surface area contributed by atoms with Gasteiger partial charge in [-0.1, -0.05) is 6.07 Å². The number of nitrogens with zero attached hydrogens (tertiary/aromatic N) is 2. The van der Waals surface area contributed by atoms with Crippen LogP contribution < -0.4 is 4.74 Å². The molecule has 29 heavy (non-hydrogen) atoms. The Balaban J connectivity index is 1.60. The van der Waals surface area contributed by atoms with Gasteiger partial charge in [0.2, 0.25) is 0 Å². The zero-order valence-electron chi connectivity index (χ0n) is 15.4. The van der Waals surface area contributed by atoms with Crippen molar-refractivity contribution in [2.24, 2.45) is 0 Å². The molecular formula is C22H16N4O3. The molecule has 0 aliphatic carbocycles. The number of carbonyl (C=O) groups is 1. The normalized spacial score (nSPS) is 11.2. The third-order valence-corrected chi connectivity index (χ3v) is 4.93. The van der Waals surface area contributed by atoms with E-state index in [1.54, 1.807) is 31.4 Å². The summed E-state index contributed by atoms with van der Waals surface area (Å²) >= 11 is 0. The largest absolute Gasteiger partial charge is 0.508 e. The third kappa shape index (κ3) is 2.80. The van der Waals surface area contributed by atoms with E-state index in [2.05, 4.69) is 20.2 Å². The third-order valence-electron chi connectivity index (χ3n) is 4.93. The minimum Gasteiger partial charge on any atom is -0.508 e. The highest BCUT2D eigenvalue weighted by molar-refractivity contribution is 5.96. The van der Waals surface area contributed by atoms with Crippen LogP contribution >= 0.6 is 0 Å². The van der Waals surface area contributed by atoms with Gasteiger partial charge in [0.25, 0.3) is 0 Å². The second-order valence-electron chi connectivity index (χ2n) is 6.70. The number of phenols is 1. The molecule has 5 aromatic rings. The molecule has 0 aliphatic rings. The van der Waals surface area contributed by atoms with Crippen LogP contribution in [0.15, 0.2) is 54.6 Å². The van der Waals surface area contributed by atoms with E-state index in [1.165, 1.54) is 0 Å². The number of hydrogen-bond donors (Lipinski definition) is 3.